The Morgan fingerprint density at radius 3 is 2.78 bits per heavy atom. The molecular weight excluding hydrogens is 136 g/mol. The van der Waals surface area contributed by atoms with Crippen molar-refractivity contribution < 1.29 is 4.74 Å². The van der Waals surface area contributed by atoms with Crippen molar-refractivity contribution >= 4 is 11.6 Å². The highest BCUT2D eigenvalue weighted by Gasteiger charge is 1.94. The third kappa shape index (κ3) is 5.60. The van der Waals surface area contributed by atoms with E-state index in [2.05, 4.69) is 13.2 Å². The summed E-state index contributed by atoms with van der Waals surface area (Å²) < 4.78 is 5.10. The fourth-order valence-electron chi connectivity index (χ4n) is 0.290. The summed E-state index contributed by atoms with van der Waals surface area (Å²) in [4.78, 5) is 0. The van der Waals surface area contributed by atoms with Crippen molar-refractivity contribution in [3.8, 4) is 0 Å². The average molecular weight is 147 g/mol. The molecule has 0 bridgehead atoms. The topological polar surface area (TPSA) is 9.23 Å². The van der Waals surface area contributed by atoms with Crippen LogP contribution >= 0.6 is 11.6 Å². The molecule has 0 amide bonds. The Morgan fingerprint density at radius 2 is 2.44 bits per heavy atom. The molecule has 9 heavy (non-hydrogen) atoms. The lowest BCUT2D eigenvalue weighted by Gasteiger charge is -2.05. The molecule has 0 aromatic carbocycles. The predicted octanol–water partition coefficient (Wildman–Crippen LogP) is 2.33. The number of rotatable bonds is 4. The van der Waals surface area contributed by atoms with Crippen molar-refractivity contribution in [2.45, 2.75) is 13.0 Å². The van der Waals surface area contributed by atoms with Crippen molar-refractivity contribution in [3.05, 3.63) is 24.3 Å². The summed E-state index contributed by atoms with van der Waals surface area (Å²) in [6.45, 7) is 9.30. The zero-order valence-corrected chi connectivity index (χ0v) is 6.32. The zero-order chi connectivity index (χ0) is 7.28. The number of hydrogen-bond acceptors (Lipinski definition) is 1. The quantitative estimate of drug-likeness (QED) is 0.554. The van der Waals surface area contributed by atoms with Crippen LogP contribution in [0.3, 0.4) is 0 Å². The minimum Gasteiger partial charge on any atom is -0.369 e. The molecule has 0 aromatic heterocycles. The molecule has 0 rings (SSSR count). The smallest absolute Gasteiger partial charge is 0.0824 e. The standard InChI is InChI=1S/C7H11ClO/c1-4-7(3)9-5-6(2)8/h4,7H,1-2,5H2,3H3. The van der Waals surface area contributed by atoms with Crippen molar-refractivity contribution in [2.24, 2.45) is 0 Å². The molecule has 2 heteroatoms. The number of ether oxygens (including phenoxy) is 1. The Morgan fingerprint density at radius 1 is 1.89 bits per heavy atom. The van der Waals surface area contributed by atoms with Gasteiger partial charge in [0, 0.05) is 5.03 Å². The normalized spacial score (nSPS) is 12.7. The Bertz CT molecular complexity index is 109. The van der Waals surface area contributed by atoms with Gasteiger partial charge in [0.1, 0.15) is 0 Å². The Labute approximate surface area is 61.0 Å². The van der Waals surface area contributed by atoms with Gasteiger partial charge in [0.2, 0.25) is 0 Å². The fraction of sp³-hybridized carbons (Fsp3) is 0.429. The molecule has 0 radical (unpaired) electrons. The third-order valence-electron chi connectivity index (χ3n) is 0.835. The molecular formula is C7H11ClO. The lowest BCUT2D eigenvalue weighted by Crippen LogP contribution is -2.04. The largest absolute Gasteiger partial charge is 0.369 e. The minimum absolute atomic E-state index is 0.0560. The van der Waals surface area contributed by atoms with Gasteiger partial charge in [-0.15, -0.1) is 6.58 Å². The lowest BCUT2D eigenvalue weighted by atomic mass is 10.4. The Hall–Kier alpha value is -0.270. The van der Waals surface area contributed by atoms with Crippen molar-refractivity contribution in [1.29, 1.82) is 0 Å². The van der Waals surface area contributed by atoms with Crippen LogP contribution in [0.15, 0.2) is 24.3 Å². The second kappa shape index (κ2) is 4.59. The molecule has 0 saturated heterocycles. The van der Waals surface area contributed by atoms with E-state index in [1.165, 1.54) is 0 Å². The van der Waals surface area contributed by atoms with Crippen molar-refractivity contribution in [1.82, 2.24) is 0 Å². The van der Waals surface area contributed by atoms with Gasteiger partial charge in [-0.1, -0.05) is 24.3 Å². The van der Waals surface area contributed by atoms with E-state index in [0.29, 0.717) is 11.6 Å². The second-order valence-corrected chi connectivity index (χ2v) is 2.30. The van der Waals surface area contributed by atoms with Crippen LogP contribution < -0.4 is 0 Å². The van der Waals surface area contributed by atoms with E-state index in [1.807, 2.05) is 6.92 Å². The van der Waals surface area contributed by atoms with Gasteiger partial charge in [-0.2, -0.15) is 0 Å². The molecule has 0 aliphatic heterocycles. The summed E-state index contributed by atoms with van der Waals surface area (Å²) >= 11 is 5.43. The van der Waals surface area contributed by atoms with E-state index in [0.717, 1.165) is 0 Å². The van der Waals surface area contributed by atoms with Crippen LogP contribution in [0.25, 0.3) is 0 Å². The van der Waals surface area contributed by atoms with Gasteiger partial charge in [0.05, 0.1) is 12.7 Å². The van der Waals surface area contributed by atoms with Crippen molar-refractivity contribution in [3.63, 3.8) is 0 Å². The first kappa shape index (κ1) is 8.73. The highest BCUT2D eigenvalue weighted by Crippen LogP contribution is 1.99. The summed E-state index contributed by atoms with van der Waals surface area (Å²) in [7, 11) is 0. The monoisotopic (exact) mass is 146 g/mol. The van der Waals surface area contributed by atoms with Gasteiger partial charge in [0.15, 0.2) is 0 Å². The molecule has 1 nitrogen and oxygen atoms in total. The molecule has 0 N–H and O–H groups in total. The highest BCUT2D eigenvalue weighted by atomic mass is 35.5. The maximum atomic E-state index is 5.43. The van der Waals surface area contributed by atoms with E-state index < -0.39 is 0 Å². The van der Waals surface area contributed by atoms with Crippen LogP contribution in [0.4, 0.5) is 0 Å². The molecule has 0 saturated carbocycles. The summed E-state index contributed by atoms with van der Waals surface area (Å²) in [6.07, 6.45) is 1.76. The van der Waals surface area contributed by atoms with Crippen LogP contribution in [0.5, 0.6) is 0 Å². The van der Waals surface area contributed by atoms with Gasteiger partial charge in [-0.3, -0.25) is 0 Å². The van der Waals surface area contributed by atoms with Crippen molar-refractivity contribution in [2.75, 3.05) is 6.61 Å². The van der Waals surface area contributed by atoms with Crippen LogP contribution in [0.2, 0.25) is 0 Å². The fourth-order valence-corrected chi connectivity index (χ4v) is 0.353. The molecule has 0 fully saturated rings. The first-order chi connectivity index (χ1) is 4.16. The van der Waals surface area contributed by atoms with E-state index in [-0.39, 0.29) is 6.10 Å². The molecule has 0 spiro atoms. The molecule has 0 heterocycles. The van der Waals surface area contributed by atoms with Gasteiger partial charge < -0.3 is 4.74 Å². The Balaban J connectivity index is 3.26. The Kier molecular flexibility index (Phi) is 4.46. The maximum Gasteiger partial charge on any atom is 0.0824 e. The van der Waals surface area contributed by atoms with Gasteiger partial charge in [-0.25, -0.2) is 0 Å². The van der Waals surface area contributed by atoms with E-state index in [1.54, 1.807) is 6.08 Å². The number of halogens is 1. The van der Waals surface area contributed by atoms with Crippen LogP contribution in [0, 0.1) is 0 Å². The zero-order valence-electron chi connectivity index (χ0n) is 5.56. The molecule has 0 aliphatic carbocycles. The molecule has 1 atom stereocenters. The van der Waals surface area contributed by atoms with Gasteiger partial charge in [-0.05, 0) is 6.92 Å². The summed E-state index contributed by atoms with van der Waals surface area (Å²) in [6, 6.07) is 0. The minimum atomic E-state index is 0.0560. The average Bonchev–Trinajstić information content (AvgIpc) is 1.83. The predicted molar refractivity (Wildman–Crippen MR) is 40.6 cm³/mol. The summed E-state index contributed by atoms with van der Waals surface area (Å²) in [5.41, 5.74) is 0. The molecule has 1 unspecified atom stereocenters. The van der Waals surface area contributed by atoms with Gasteiger partial charge in [0.25, 0.3) is 0 Å². The first-order valence-electron chi connectivity index (χ1n) is 2.74. The van der Waals surface area contributed by atoms with E-state index in [4.69, 9.17) is 16.3 Å². The highest BCUT2D eigenvalue weighted by molar-refractivity contribution is 6.29. The first-order valence-corrected chi connectivity index (χ1v) is 3.12. The maximum absolute atomic E-state index is 5.43. The summed E-state index contributed by atoms with van der Waals surface area (Å²) in [5.74, 6) is 0. The lowest BCUT2D eigenvalue weighted by molar-refractivity contribution is 0.121. The second-order valence-electron chi connectivity index (χ2n) is 1.77. The van der Waals surface area contributed by atoms with Crippen LogP contribution in [-0.2, 0) is 4.74 Å². The number of hydrogen-bond donors (Lipinski definition) is 0. The third-order valence-corrected chi connectivity index (χ3v) is 0.944. The SMILES string of the molecule is C=CC(C)OCC(=C)Cl. The van der Waals surface area contributed by atoms with Crippen LogP contribution in [-0.4, -0.2) is 12.7 Å². The van der Waals surface area contributed by atoms with Crippen LogP contribution in [0.1, 0.15) is 6.92 Å². The molecule has 0 aromatic rings. The van der Waals surface area contributed by atoms with E-state index in [9.17, 15) is 0 Å². The summed E-state index contributed by atoms with van der Waals surface area (Å²) in [5, 5.41) is 0.517. The van der Waals surface area contributed by atoms with Gasteiger partial charge >= 0.3 is 0 Å². The van der Waals surface area contributed by atoms with E-state index >= 15 is 0 Å². The molecule has 0 aliphatic rings. The molecule has 52 valence electrons.